The van der Waals surface area contributed by atoms with E-state index >= 15 is 0 Å². The smallest absolute Gasteiger partial charge is 0.230 e. The molecule has 0 radical (unpaired) electrons. The largest absolute Gasteiger partial charge is 0.457 e. The second kappa shape index (κ2) is 9.40. The maximum absolute atomic E-state index is 5.91. The first kappa shape index (κ1) is 21.7. The van der Waals surface area contributed by atoms with Gasteiger partial charge in [0.1, 0.15) is 11.5 Å². The fourth-order valence-corrected chi connectivity index (χ4v) is 9.87. The molecule has 0 saturated heterocycles. The van der Waals surface area contributed by atoms with E-state index in [2.05, 4.69) is 141 Å². The van der Waals surface area contributed by atoms with Gasteiger partial charge in [0.15, 0.2) is 14.3 Å². The molecule has 1 aromatic heterocycles. The summed E-state index contributed by atoms with van der Waals surface area (Å²) in [7, 11) is -0.0822. The van der Waals surface area contributed by atoms with Crippen molar-refractivity contribution in [3.05, 3.63) is 95.6 Å². The van der Waals surface area contributed by atoms with Crippen molar-refractivity contribution in [3.8, 4) is 16.4 Å². The molecule has 0 fully saturated rings. The van der Waals surface area contributed by atoms with E-state index in [1.54, 1.807) is 0 Å². The van der Waals surface area contributed by atoms with Crippen LogP contribution in [0, 0.1) is 10.7 Å². The second-order valence-corrected chi connectivity index (χ2v) is 12.4. The molecule has 0 spiro atoms. The molecule has 0 N–H and O–H groups in total. The summed E-state index contributed by atoms with van der Waals surface area (Å²) < 4.78 is 18.0. The van der Waals surface area contributed by atoms with Crippen LogP contribution in [0.3, 0.4) is 0 Å². The highest BCUT2D eigenvalue weighted by Gasteiger charge is 2.22. The van der Waals surface area contributed by atoms with Gasteiger partial charge in [0.05, 0.1) is 7.14 Å². The van der Waals surface area contributed by atoms with Crippen LogP contribution in [-0.4, -0.2) is 6.79 Å². The SMILES string of the molecule is Ic1cc(I)c(OCOc2ccc(-[s+]3c4ccccc4c4ccccc43)cc2)c(I)c1. The minimum absolute atomic E-state index is 0.0822. The summed E-state index contributed by atoms with van der Waals surface area (Å²) in [5.41, 5.74) is 0. The molecule has 0 atom stereocenters. The highest BCUT2D eigenvalue weighted by atomic mass is 127. The Morgan fingerprint density at radius 3 is 1.77 bits per heavy atom. The lowest BCUT2D eigenvalue weighted by molar-refractivity contribution is 0.118. The highest BCUT2D eigenvalue weighted by Crippen LogP contribution is 2.48. The van der Waals surface area contributed by atoms with E-state index in [0.29, 0.717) is 0 Å². The van der Waals surface area contributed by atoms with Gasteiger partial charge in [-0.2, -0.15) is 0 Å². The Hall–Kier alpha value is -1.11. The number of fused-ring (bicyclic) bond motifs is 3. The van der Waals surface area contributed by atoms with Crippen LogP contribution in [0.1, 0.15) is 0 Å². The summed E-state index contributed by atoms with van der Waals surface area (Å²) in [6, 6.07) is 30.1. The molecule has 6 heteroatoms. The summed E-state index contributed by atoms with van der Waals surface area (Å²) in [5, 5.41) is 2.69. The number of thiophene rings is 1. The van der Waals surface area contributed by atoms with Crippen LogP contribution >= 0.6 is 78.2 Å². The third-order valence-electron chi connectivity index (χ3n) is 4.96. The van der Waals surface area contributed by atoms with E-state index in [-0.39, 0.29) is 17.3 Å². The standard InChI is InChI=1S/C25H16I3O2S/c26-16-13-21(27)25(22(28)14-16)30-15-29-17-9-11-18(12-10-17)31-23-7-3-1-5-19(23)20-6-2-4-8-24(20)31/h1-14H,15H2/q+1. The van der Waals surface area contributed by atoms with Crippen LogP contribution in [0.25, 0.3) is 25.1 Å². The molecule has 0 aliphatic carbocycles. The van der Waals surface area contributed by atoms with Gasteiger partial charge in [0.25, 0.3) is 0 Å². The van der Waals surface area contributed by atoms with E-state index in [1.165, 1.54) is 28.6 Å². The molecule has 31 heavy (non-hydrogen) atoms. The first-order valence-corrected chi connectivity index (χ1v) is 14.0. The minimum Gasteiger partial charge on any atom is -0.457 e. The Bertz CT molecular complexity index is 1320. The zero-order chi connectivity index (χ0) is 21.4. The van der Waals surface area contributed by atoms with Crippen LogP contribution in [-0.2, 0) is 0 Å². The third-order valence-corrected chi connectivity index (χ3v) is 9.52. The fourth-order valence-electron chi connectivity index (χ4n) is 3.60. The van der Waals surface area contributed by atoms with Crippen LogP contribution in [0.2, 0.25) is 0 Å². The Kier molecular flexibility index (Phi) is 6.59. The lowest BCUT2D eigenvalue weighted by Crippen LogP contribution is -2.07. The summed E-state index contributed by atoms with van der Waals surface area (Å²) >= 11 is 6.92. The molecule has 0 aliphatic rings. The molecule has 5 aromatic rings. The summed E-state index contributed by atoms with van der Waals surface area (Å²) in [6.45, 7) is 0.184. The molecule has 1 heterocycles. The summed E-state index contributed by atoms with van der Waals surface area (Å²) in [5.74, 6) is 1.68. The maximum atomic E-state index is 5.91. The average molecular weight is 761 g/mol. The van der Waals surface area contributed by atoms with Crippen LogP contribution in [0.15, 0.2) is 84.9 Å². The highest BCUT2D eigenvalue weighted by molar-refractivity contribution is 14.1. The lowest BCUT2D eigenvalue weighted by Gasteiger charge is -2.12. The number of rotatable bonds is 5. The van der Waals surface area contributed by atoms with Gasteiger partial charge in [0, 0.05) is 36.9 Å². The molecular weight excluding hydrogens is 745 g/mol. The van der Waals surface area contributed by atoms with Gasteiger partial charge in [-0.1, -0.05) is 24.3 Å². The van der Waals surface area contributed by atoms with Crippen LogP contribution in [0.4, 0.5) is 0 Å². The third kappa shape index (κ3) is 4.40. The Morgan fingerprint density at radius 1 is 0.645 bits per heavy atom. The van der Waals surface area contributed by atoms with E-state index in [0.717, 1.165) is 18.6 Å². The molecule has 5 rings (SSSR count). The molecule has 0 unspecified atom stereocenters. The van der Waals surface area contributed by atoms with Gasteiger partial charge in [-0.15, -0.1) is 0 Å². The second-order valence-electron chi connectivity index (χ2n) is 6.87. The van der Waals surface area contributed by atoms with Crippen molar-refractivity contribution in [2.24, 2.45) is 0 Å². The van der Waals surface area contributed by atoms with Gasteiger partial charge < -0.3 is 9.47 Å². The molecule has 0 saturated carbocycles. The van der Waals surface area contributed by atoms with E-state index in [9.17, 15) is 0 Å². The van der Waals surface area contributed by atoms with Gasteiger partial charge in [-0.05, 0) is 116 Å². The normalized spacial score (nSPS) is 11.2. The molecular formula is C25H16I3O2S+. The Labute approximate surface area is 224 Å². The van der Waals surface area contributed by atoms with Crippen molar-refractivity contribution in [2.45, 2.75) is 0 Å². The molecule has 0 bridgehead atoms. The zero-order valence-electron chi connectivity index (χ0n) is 16.1. The quantitative estimate of drug-likeness (QED) is 0.101. The number of halogens is 3. The molecule has 0 amide bonds. The summed E-state index contributed by atoms with van der Waals surface area (Å²) in [4.78, 5) is 1.30. The number of hydrogen-bond donors (Lipinski definition) is 0. The lowest BCUT2D eigenvalue weighted by atomic mass is 10.2. The van der Waals surface area contributed by atoms with Crippen molar-refractivity contribution < 1.29 is 9.47 Å². The summed E-state index contributed by atoms with van der Waals surface area (Å²) in [6.07, 6.45) is 0. The van der Waals surface area contributed by atoms with E-state index in [1.807, 2.05) is 12.1 Å². The predicted octanol–water partition coefficient (Wildman–Crippen LogP) is 8.96. The average Bonchev–Trinajstić information content (AvgIpc) is 3.11. The Balaban J connectivity index is 1.39. The van der Waals surface area contributed by atoms with Gasteiger partial charge in [-0.25, -0.2) is 0 Å². The van der Waals surface area contributed by atoms with Crippen molar-refractivity contribution in [2.75, 3.05) is 6.79 Å². The molecule has 0 aliphatic heterocycles. The van der Waals surface area contributed by atoms with Crippen molar-refractivity contribution in [1.29, 1.82) is 0 Å². The topological polar surface area (TPSA) is 18.5 Å². The fraction of sp³-hybridized carbons (Fsp3) is 0.0400. The molecule has 154 valence electrons. The van der Waals surface area contributed by atoms with Gasteiger partial charge in [0.2, 0.25) is 6.79 Å². The van der Waals surface area contributed by atoms with E-state index in [4.69, 9.17) is 9.47 Å². The first-order chi connectivity index (χ1) is 15.1. The van der Waals surface area contributed by atoms with Crippen molar-refractivity contribution >= 4 is 98.4 Å². The Morgan fingerprint density at radius 2 is 1.19 bits per heavy atom. The van der Waals surface area contributed by atoms with Crippen molar-refractivity contribution in [3.63, 3.8) is 0 Å². The van der Waals surface area contributed by atoms with Crippen LogP contribution in [0.5, 0.6) is 11.5 Å². The number of benzene rings is 4. The monoisotopic (exact) mass is 761 g/mol. The van der Waals surface area contributed by atoms with Gasteiger partial charge >= 0.3 is 0 Å². The molecule has 2 nitrogen and oxygen atoms in total. The number of hydrogen-bond acceptors (Lipinski definition) is 2. The predicted molar refractivity (Wildman–Crippen MR) is 156 cm³/mol. The number of ether oxygens (including phenoxy) is 2. The first-order valence-electron chi connectivity index (χ1n) is 9.55. The van der Waals surface area contributed by atoms with Crippen molar-refractivity contribution in [1.82, 2.24) is 0 Å². The molecule has 4 aromatic carbocycles. The van der Waals surface area contributed by atoms with Crippen LogP contribution < -0.4 is 9.47 Å². The van der Waals surface area contributed by atoms with E-state index < -0.39 is 0 Å². The zero-order valence-corrected chi connectivity index (χ0v) is 23.4. The minimum atomic E-state index is -0.0822. The van der Waals surface area contributed by atoms with Gasteiger partial charge in [-0.3, -0.25) is 0 Å². The maximum Gasteiger partial charge on any atom is 0.230 e.